The number of likely N-dealkylation sites (tertiary alicyclic amines) is 1. The lowest BCUT2D eigenvalue weighted by Crippen LogP contribution is -2.53. The summed E-state index contributed by atoms with van der Waals surface area (Å²) in [4.78, 5) is 18.4. The molecular formula is C29H26ClF3N2O3. The minimum Gasteiger partial charge on any atom is -0.491 e. The van der Waals surface area contributed by atoms with E-state index in [4.69, 9.17) is 16.3 Å². The van der Waals surface area contributed by atoms with Crippen molar-refractivity contribution < 1.29 is 27.8 Å². The summed E-state index contributed by atoms with van der Waals surface area (Å²) in [5.41, 5.74) is 0.865. The lowest BCUT2D eigenvalue weighted by molar-refractivity contribution is -0.272. The number of alkyl halides is 3. The molecule has 9 heteroatoms. The molecule has 0 spiro atoms. The molecule has 1 aliphatic rings. The highest BCUT2D eigenvalue weighted by molar-refractivity contribution is 6.30. The number of nitrogens with zero attached hydrogens (tertiary/aromatic N) is 2. The second-order valence-electron chi connectivity index (χ2n) is 9.18. The van der Waals surface area contributed by atoms with Crippen LogP contribution in [0, 0.1) is 11.8 Å². The number of pyridine rings is 1. The van der Waals surface area contributed by atoms with Crippen molar-refractivity contribution in [1.82, 2.24) is 9.88 Å². The fraction of sp³-hybridized carbons (Fsp3) is 0.310. The Balaban J connectivity index is 1.36. The van der Waals surface area contributed by atoms with Crippen LogP contribution in [0.1, 0.15) is 41.4 Å². The van der Waals surface area contributed by atoms with Crippen molar-refractivity contribution in [3.63, 3.8) is 0 Å². The summed E-state index contributed by atoms with van der Waals surface area (Å²) >= 11 is 5.94. The second-order valence-corrected chi connectivity index (χ2v) is 9.61. The number of hydrogen-bond acceptors (Lipinski definition) is 5. The molecule has 0 radical (unpaired) electrons. The van der Waals surface area contributed by atoms with E-state index in [0.717, 1.165) is 11.1 Å². The first-order valence-electron chi connectivity index (χ1n) is 12.1. The first-order chi connectivity index (χ1) is 18.0. The van der Waals surface area contributed by atoms with Gasteiger partial charge in [-0.25, -0.2) is 4.98 Å². The van der Waals surface area contributed by atoms with Gasteiger partial charge in [0.1, 0.15) is 18.1 Å². The summed E-state index contributed by atoms with van der Waals surface area (Å²) in [6.45, 7) is 2.23. The Kier molecular flexibility index (Phi) is 8.41. The van der Waals surface area contributed by atoms with Crippen LogP contribution in [0.5, 0.6) is 5.75 Å². The molecule has 3 aromatic rings. The molecule has 0 atom stereocenters. The SMILES string of the molecule is CC(=O)c1cc(C#Cc2ccc(-c3ccc(Cl)cc3)cn2)ccc1OCCN1CCC(O)(C(F)(F)F)CC1. The molecule has 1 aromatic heterocycles. The molecule has 1 N–H and O–H groups in total. The molecular weight excluding hydrogens is 517 g/mol. The van der Waals surface area contributed by atoms with E-state index in [2.05, 4.69) is 16.8 Å². The van der Waals surface area contributed by atoms with Crippen LogP contribution in [0.2, 0.25) is 5.02 Å². The topological polar surface area (TPSA) is 62.7 Å². The van der Waals surface area contributed by atoms with E-state index in [1.54, 1.807) is 29.3 Å². The number of ketones is 1. The highest BCUT2D eigenvalue weighted by Crippen LogP contribution is 2.38. The largest absolute Gasteiger partial charge is 0.491 e. The number of aromatic nitrogens is 1. The summed E-state index contributed by atoms with van der Waals surface area (Å²) in [5.74, 6) is 6.21. The summed E-state index contributed by atoms with van der Waals surface area (Å²) in [5, 5.41) is 10.5. The Morgan fingerprint density at radius 1 is 1.08 bits per heavy atom. The van der Waals surface area contributed by atoms with Crippen LogP contribution in [-0.2, 0) is 0 Å². The van der Waals surface area contributed by atoms with E-state index in [1.807, 2.05) is 36.4 Å². The first kappa shape index (κ1) is 27.6. The first-order valence-corrected chi connectivity index (χ1v) is 12.5. The monoisotopic (exact) mass is 542 g/mol. The molecule has 0 bridgehead atoms. The Hall–Kier alpha value is -3.38. The van der Waals surface area contributed by atoms with Crippen molar-refractivity contribution >= 4 is 17.4 Å². The van der Waals surface area contributed by atoms with Crippen LogP contribution >= 0.6 is 11.6 Å². The molecule has 1 saturated heterocycles. The molecule has 2 heterocycles. The maximum atomic E-state index is 13.0. The molecule has 1 aliphatic heterocycles. The van der Waals surface area contributed by atoms with Gasteiger partial charge in [-0.2, -0.15) is 13.2 Å². The molecule has 2 aromatic carbocycles. The number of ether oxygens (including phenoxy) is 1. The predicted octanol–water partition coefficient (Wildman–Crippen LogP) is 5.77. The number of aliphatic hydroxyl groups is 1. The Morgan fingerprint density at radius 2 is 1.76 bits per heavy atom. The molecule has 5 nitrogen and oxygen atoms in total. The number of carbonyl (C=O) groups is 1. The summed E-state index contributed by atoms with van der Waals surface area (Å²) in [6.07, 6.45) is -3.65. The van der Waals surface area contributed by atoms with Gasteiger partial charge in [0.25, 0.3) is 0 Å². The number of Topliss-reactive ketones (excluding diaryl/α,β-unsaturated/α-hetero) is 1. The average molecular weight is 543 g/mol. The maximum Gasteiger partial charge on any atom is 0.417 e. The molecule has 1 fully saturated rings. The van der Waals surface area contributed by atoms with Crippen LogP contribution in [0.25, 0.3) is 11.1 Å². The van der Waals surface area contributed by atoms with Gasteiger partial charge in [-0.1, -0.05) is 35.7 Å². The highest BCUT2D eigenvalue weighted by atomic mass is 35.5. The highest BCUT2D eigenvalue weighted by Gasteiger charge is 2.54. The molecule has 0 aliphatic carbocycles. The van der Waals surface area contributed by atoms with E-state index in [-0.39, 0.29) is 38.3 Å². The quantitative estimate of drug-likeness (QED) is 0.316. The van der Waals surface area contributed by atoms with Crippen molar-refractivity contribution in [2.24, 2.45) is 0 Å². The fourth-order valence-electron chi connectivity index (χ4n) is 4.14. The molecule has 0 unspecified atom stereocenters. The number of carbonyl (C=O) groups excluding carboxylic acids is 1. The van der Waals surface area contributed by atoms with E-state index < -0.39 is 11.8 Å². The zero-order valence-corrected chi connectivity index (χ0v) is 21.4. The van der Waals surface area contributed by atoms with Gasteiger partial charge in [-0.3, -0.25) is 9.69 Å². The zero-order valence-electron chi connectivity index (χ0n) is 20.7. The van der Waals surface area contributed by atoms with E-state index in [1.165, 1.54) is 6.92 Å². The van der Waals surface area contributed by atoms with Crippen LogP contribution < -0.4 is 4.74 Å². The van der Waals surface area contributed by atoms with Crippen molar-refractivity contribution in [3.8, 4) is 28.7 Å². The molecule has 4 rings (SSSR count). The van der Waals surface area contributed by atoms with Crippen molar-refractivity contribution in [3.05, 3.63) is 82.6 Å². The lowest BCUT2D eigenvalue weighted by atomic mass is 9.91. The summed E-state index contributed by atoms with van der Waals surface area (Å²) in [6, 6.07) is 16.2. The van der Waals surface area contributed by atoms with Crippen LogP contribution in [-0.4, -0.2) is 58.8 Å². The fourth-order valence-corrected chi connectivity index (χ4v) is 4.27. The van der Waals surface area contributed by atoms with Crippen molar-refractivity contribution in [1.29, 1.82) is 0 Å². The van der Waals surface area contributed by atoms with E-state index in [9.17, 15) is 23.1 Å². The van der Waals surface area contributed by atoms with Gasteiger partial charge in [-0.15, -0.1) is 0 Å². The van der Waals surface area contributed by atoms with Crippen molar-refractivity contribution in [2.45, 2.75) is 31.5 Å². The second kappa shape index (κ2) is 11.6. The van der Waals surface area contributed by atoms with Crippen LogP contribution in [0.3, 0.4) is 0 Å². The predicted molar refractivity (Wildman–Crippen MR) is 139 cm³/mol. The van der Waals surface area contributed by atoms with Gasteiger partial charge in [0, 0.05) is 42.0 Å². The van der Waals surface area contributed by atoms with Gasteiger partial charge in [0.15, 0.2) is 11.4 Å². The number of benzene rings is 2. The third kappa shape index (κ3) is 6.73. The molecule has 198 valence electrons. The Bertz CT molecular complexity index is 1340. The number of rotatable bonds is 6. The van der Waals surface area contributed by atoms with E-state index >= 15 is 0 Å². The number of halogens is 4. The number of piperidine rings is 1. The average Bonchev–Trinajstić information content (AvgIpc) is 2.89. The minimum atomic E-state index is -4.63. The molecule has 38 heavy (non-hydrogen) atoms. The lowest BCUT2D eigenvalue weighted by Gasteiger charge is -2.39. The smallest absolute Gasteiger partial charge is 0.417 e. The van der Waals surface area contributed by atoms with Gasteiger partial charge < -0.3 is 9.84 Å². The summed E-state index contributed by atoms with van der Waals surface area (Å²) < 4.78 is 44.7. The van der Waals surface area contributed by atoms with Gasteiger partial charge >= 0.3 is 6.18 Å². The number of hydrogen-bond donors (Lipinski definition) is 1. The third-order valence-corrected chi connectivity index (χ3v) is 6.76. The maximum absolute atomic E-state index is 13.0. The minimum absolute atomic E-state index is 0.113. The zero-order chi connectivity index (χ0) is 27.3. The van der Waals surface area contributed by atoms with Gasteiger partial charge in [0.05, 0.1) is 5.56 Å². The van der Waals surface area contributed by atoms with Gasteiger partial charge in [0.2, 0.25) is 0 Å². The van der Waals surface area contributed by atoms with Crippen LogP contribution in [0.15, 0.2) is 60.8 Å². The standard InChI is InChI=1S/C29H26ClF3N2O3/c1-20(36)26-18-21(2-9-25-10-6-23(19-34-25)22-4-7-24(30)8-5-22)3-11-27(26)38-17-16-35-14-12-28(37,13-15-35)29(31,32)33/h3-8,10-11,18-19,37H,12-17H2,1H3. The van der Waals surface area contributed by atoms with E-state index in [0.29, 0.717) is 34.1 Å². The van der Waals surface area contributed by atoms with Crippen molar-refractivity contribution in [2.75, 3.05) is 26.2 Å². The Labute approximate surface area is 224 Å². The summed E-state index contributed by atoms with van der Waals surface area (Å²) in [7, 11) is 0. The molecule has 0 saturated carbocycles. The molecule has 0 amide bonds. The van der Waals surface area contributed by atoms with Gasteiger partial charge in [-0.05, 0) is 67.6 Å². The normalized spacial score (nSPS) is 15.4. The van der Waals surface area contributed by atoms with Crippen LogP contribution in [0.4, 0.5) is 13.2 Å². The third-order valence-electron chi connectivity index (χ3n) is 6.51. The Morgan fingerprint density at radius 3 is 2.37 bits per heavy atom.